The van der Waals surface area contributed by atoms with Gasteiger partial charge in [0.15, 0.2) is 5.69 Å². The van der Waals surface area contributed by atoms with Gasteiger partial charge in [-0.3, -0.25) is 9.48 Å². The number of thiazole rings is 1. The lowest BCUT2D eigenvalue weighted by molar-refractivity contribution is 0.630. The van der Waals surface area contributed by atoms with Gasteiger partial charge in [0.25, 0.3) is 5.56 Å². The monoisotopic (exact) mass is 549 g/mol. The highest BCUT2D eigenvalue weighted by molar-refractivity contribution is 9.10. The number of para-hydroxylation sites is 1. The third kappa shape index (κ3) is 4.18. The fourth-order valence-corrected chi connectivity index (χ4v) is 5.53. The summed E-state index contributed by atoms with van der Waals surface area (Å²) >= 11 is 6.71. The first-order valence-electron chi connectivity index (χ1n) is 10.5. The molecule has 0 bridgehead atoms. The molecule has 0 atom stereocenters. The molecule has 0 saturated carbocycles. The predicted octanol–water partition coefficient (Wildman–Crippen LogP) is 5.95. The number of aromatic nitrogens is 3. The number of rotatable bonds is 5. The standard InChI is InChI=1S/C25H20BrN5OS2/c1-17-23(24(32)31(29(17)2)19-8-4-3-5-9-19)28-25-30(27-14-18-12-13-33-15-18)22(16-34-25)20-10-6-7-11-21(20)26/h3-16H,1-2H3. The van der Waals surface area contributed by atoms with Crippen molar-refractivity contribution in [2.45, 2.75) is 6.92 Å². The Morgan fingerprint density at radius 1 is 1.00 bits per heavy atom. The molecule has 0 saturated heterocycles. The van der Waals surface area contributed by atoms with E-state index in [1.807, 2.05) is 102 Å². The van der Waals surface area contributed by atoms with Crippen molar-refractivity contribution in [3.63, 3.8) is 0 Å². The maximum atomic E-state index is 13.4. The van der Waals surface area contributed by atoms with Crippen molar-refractivity contribution in [1.29, 1.82) is 0 Å². The van der Waals surface area contributed by atoms with Crippen molar-refractivity contribution in [2.24, 2.45) is 17.1 Å². The van der Waals surface area contributed by atoms with Crippen molar-refractivity contribution in [3.8, 4) is 16.9 Å². The van der Waals surface area contributed by atoms with Gasteiger partial charge in [-0.05, 0) is 41.9 Å². The van der Waals surface area contributed by atoms with E-state index in [0.717, 1.165) is 32.7 Å². The third-order valence-electron chi connectivity index (χ3n) is 5.43. The number of nitrogens with zero attached hydrogens (tertiary/aromatic N) is 5. The average molecular weight is 551 g/mol. The highest BCUT2D eigenvalue weighted by Crippen LogP contribution is 2.28. The van der Waals surface area contributed by atoms with E-state index >= 15 is 0 Å². The van der Waals surface area contributed by atoms with Crippen molar-refractivity contribution in [3.05, 3.63) is 108 Å². The minimum Gasteiger partial charge on any atom is -0.283 e. The third-order valence-corrected chi connectivity index (χ3v) is 7.64. The Labute approximate surface area is 212 Å². The molecule has 0 radical (unpaired) electrons. The van der Waals surface area contributed by atoms with Crippen LogP contribution in [0.4, 0.5) is 5.69 Å². The molecule has 0 aliphatic carbocycles. The molecule has 6 nitrogen and oxygen atoms in total. The normalized spacial score (nSPS) is 12.1. The summed E-state index contributed by atoms with van der Waals surface area (Å²) in [7, 11) is 1.87. The van der Waals surface area contributed by atoms with Gasteiger partial charge in [0.1, 0.15) is 0 Å². The van der Waals surface area contributed by atoms with Gasteiger partial charge < -0.3 is 0 Å². The summed E-state index contributed by atoms with van der Waals surface area (Å²) in [4.78, 5) is 18.8. The largest absolute Gasteiger partial charge is 0.297 e. The summed E-state index contributed by atoms with van der Waals surface area (Å²) < 4.78 is 6.22. The molecule has 0 spiro atoms. The fourth-order valence-electron chi connectivity index (χ4n) is 3.59. The minimum absolute atomic E-state index is 0.171. The molecule has 2 aromatic carbocycles. The van der Waals surface area contributed by atoms with E-state index in [1.54, 1.807) is 20.7 Å². The highest BCUT2D eigenvalue weighted by atomic mass is 79.9. The van der Waals surface area contributed by atoms with Crippen LogP contribution < -0.4 is 10.4 Å². The van der Waals surface area contributed by atoms with Crippen molar-refractivity contribution < 1.29 is 0 Å². The summed E-state index contributed by atoms with van der Waals surface area (Å²) in [5.74, 6) is 0. The molecule has 0 aliphatic rings. The first kappa shape index (κ1) is 22.5. The molecule has 3 aromatic heterocycles. The SMILES string of the molecule is Cc1c(N=c2scc(-c3ccccc3Br)n2N=Cc2ccsc2)c(=O)n(-c2ccccc2)n1C. The molecule has 170 valence electrons. The average Bonchev–Trinajstić information content (AvgIpc) is 3.55. The molecule has 0 unspecified atom stereocenters. The zero-order valence-electron chi connectivity index (χ0n) is 18.4. The van der Waals surface area contributed by atoms with Crippen LogP contribution in [-0.4, -0.2) is 20.3 Å². The van der Waals surface area contributed by atoms with Crippen LogP contribution in [0.5, 0.6) is 0 Å². The number of benzene rings is 2. The van der Waals surface area contributed by atoms with Gasteiger partial charge in [-0.2, -0.15) is 16.4 Å². The molecular weight excluding hydrogens is 530 g/mol. The lowest BCUT2D eigenvalue weighted by Gasteiger charge is -2.07. The molecule has 0 amide bonds. The Kier molecular flexibility index (Phi) is 6.32. The number of hydrogen-bond acceptors (Lipinski definition) is 5. The second-order valence-corrected chi connectivity index (χ2v) is 9.99. The Morgan fingerprint density at radius 2 is 1.76 bits per heavy atom. The van der Waals surface area contributed by atoms with Gasteiger partial charge in [-0.25, -0.2) is 14.4 Å². The van der Waals surface area contributed by atoms with Gasteiger partial charge in [0, 0.05) is 28.0 Å². The van der Waals surface area contributed by atoms with E-state index in [2.05, 4.69) is 15.9 Å². The Bertz CT molecular complexity index is 1610. The minimum atomic E-state index is -0.171. The molecule has 0 aliphatic heterocycles. The summed E-state index contributed by atoms with van der Waals surface area (Å²) in [6, 6.07) is 19.6. The highest BCUT2D eigenvalue weighted by Gasteiger charge is 2.17. The maximum Gasteiger partial charge on any atom is 0.297 e. The van der Waals surface area contributed by atoms with E-state index in [1.165, 1.54) is 11.3 Å². The van der Waals surface area contributed by atoms with E-state index in [4.69, 9.17) is 10.1 Å². The van der Waals surface area contributed by atoms with Gasteiger partial charge >= 0.3 is 0 Å². The van der Waals surface area contributed by atoms with E-state index in [-0.39, 0.29) is 5.56 Å². The van der Waals surface area contributed by atoms with E-state index < -0.39 is 0 Å². The lowest BCUT2D eigenvalue weighted by atomic mass is 10.2. The van der Waals surface area contributed by atoms with Gasteiger partial charge in [0.2, 0.25) is 4.80 Å². The van der Waals surface area contributed by atoms with Crippen molar-refractivity contribution >= 4 is 50.5 Å². The first-order valence-corrected chi connectivity index (χ1v) is 13.1. The second-order valence-electron chi connectivity index (χ2n) is 7.52. The van der Waals surface area contributed by atoms with Crippen LogP contribution in [-0.2, 0) is 7.05 Å². The molecule has 34 heavy (non-hydrogen) atoms. The smallest absolute Gasteiger partial charge is 0.283 e. The van der Waals surface area contributed by atoms with Gasteiger partial charge in [0.05, 0.1) is 23.3 Å². The predicted molar refractivity (Wildman–Crippen MR) is 144 cm³/mol. The summed E-state index contributed by atoms with van der Waals surface area (Å²) in [6.45, 7) is 1.90. The zero-order valence-corrected chi connectivity index (χ0v) is 21.6. The number of hydrogen-bond donors (Lipinski definition) is 0. The topological polar surface area (TPSA) is 56.6 Å². The van der Waals surface area contributed by atoms with Crippen LogP contribution in [0.15, 0.2) is 96.2 Å². The van der Waals surface area contributed by atoms with Crippen molar-refractivity contribution in [2.75, 3.05) is 0 Å². The van der Waals surface area contributed by atoms with Crippen LogP contribution in [0.25, 0.3) is 16.9 Å². The number of halogens is 1. The van der Waals surface area contributed by atoms with Crippen LogP contribution >= 0.6 is 38.6 Å². The van der Waals surface area contributed by atoms with Crippen molar-refractivity contribution in [1.82, 2.24) is 14.0 Å². The zero-order chi connectivity index (χ0) is 23.7. The van der Waals surface area contributed by atoms with Gasteiger partial charge in [-0.1, -0.05) is 52.3 Å². The Morgan fingerprint density at radius 3 is 2.50 bits per heavy atom. The second kappa shape index (κ2) is 9.54. The maximum absolute atomic E-state index is 13.4. The quantitative estimate of drug-likeness (QED) is 0.250. The molecular formula is C25H20BrN5OS2. The van der Waals surface area contributed by atoms with E-state index in [9.17, 15) is 4.79 Å². The molecule has 0 N–H and O–H groups in total. The van der Waals surface area contributed by atoms with Crippen LogP contribution in [0.3, 0.4) is 0 Å². The van der Waals surface area contributed by atoms with Crippen LogP contribution in [0, 0.1) is 6.92 Å². The lowest BCUT2D eigenvalue weighted by Crippen LogP contribution is -2.19. The first-order chi connectivity index (χ1) is 16.5. The summed E-state index contributed by atoms with van der Waals surface area (Å²) in [5.41, 5.74) is 4.69. The Balaban J connectivity index is 1.72. The molecule has 9 heteroatoms. The Hall–Kier alpha value is -3.27. The van der Waals surface area contributed by atoms with Gasteiger partial charge in [-0.15, -0.1) is 11.3 Å². The fraction of sp³-hybridized carbons (Fsp3) is 0.0800. The summed E-state index contributed by atoms with van der Waals surface area (Å²) in [6.07, 6.45) is 1.81. The molecule has 0 fully saturated rings. The van der Waals surface area contributed by atoms with E-state index in [0.29, 0.717) is 10.5 Å². The van der Waals surface area contributed by atoms with Crippen LogP contribution in [0.1, 0.15) is 11.3 Å². The number of thiophene rings is 1. The summed E-state index contributed by atoms with van der Waals surface area (Å²) in [5, 5.41) is 10.8. The molecule has 3 heterocycles. The molecule has 5 rings (SSSR count). The molecule has 5 aromatic rings. The van der Waals surface area contributed by atoms with Crippen LogP contribution in [0.2, 0.25) is 0 Å².